The number of rotatable bonds is 10. The molecule has 0 amide bonds. The highest BCUT2D eigenvalue weighted by molar-refractivity contribution is 5.23. The van der Waals surface area contributed by atoms with Gasteiger partial charge < -0.3 is 10.1 Å². The monoisotopic (exact) mass is 291 g/mol. The van der Waals surface area contributed by atoms with Gasteiger partial charge in [-0.25, -0.2) is 0 Å². The lowest BCUT2D eigenvalue weighted by molar-refractivity contribution is 0.123. The van der Waals surface area contributed by atoms with Crippen LogP contribution in [0.15, 0.2) is 30.3 Å². The molecule has 21 heavy (non-hydrogen) atoms. The molecule has 2 nitrogen and oxygen atoms in total. The summed E-state index contributed by atoms with van der Waals surface area (Å²) in [7, 11) is 0. The Bertz CT molecular complexity index is 372. The van der Waals surface area contributed by atoms with Crippen molar-refractivity contribution in [2.75, 3.05) is 19.8 Å². The SMILES string of the molecule is CC(C)CCOCCNC(C)CC(C)(C)c1ccccc1. The molecule has 0 heterocycles. The zero-order valence-corrected chi connectivity index (χ0v) is 14.5. The molecule has 2 heteroatoms. The van der Waals surface area contributed by atoms with Gasteiger partial charge in [0.1, 0.15) is 0 Å². The fourth-order valence-electron chi connectivity index (χ4n) is 2.64. The zero-order chi connectivity index (χ0) is 15.7. The largest absolute Gasteiger partial charge is 0.380 e. The van der Waals surface area contributed by atoms with Crippen molar-refractivity contribution in [2.45, 2.75) is 58.9 Å². The third kappa shape index (κ3) is 7.63. The van der Waals surface area contributed by atoms with Crippen LogP contribution in [0.2, 0.25) is 0 Å². The molecule has 1 N–H and O–H groups in total. The van der Waals surface area contributed by atoms with E-state index in [1.54, 1.807) is 0 Å². The minimum atomic E-state index is 0.201. The molecular weight excluding hydrogens is 258 g/mol. The quantitative estimate of drug-likeness (QED) is 0.645. The lowest BCUT2D eigenvalue weighted by Gasteiger charge is -2.29. The van der Waals surface area contributed by atoms with E-state index in [2.05, 4.69) is 70.3 Å². The Morgan fingerprint density at radius 3 is 2.33 bits per heavy atom. The molecule has 0 bridgehead atoms. The lowest BCUT2D eigenvalue weighted by atomic mass is 9.79. The van der Waals surface area contributed by atoms with E-state index in [0.29, 0.717) is 6.04 Å². The Morgan fingerprint density at radius 1 is 1.05 bits per heavy atom. The maximum atomic E-state index is 5.65. The first-order valence-corrected chi connectivity index (χ1v) is 8.28. The summed E-state index contributed by atoms with van der Waals surface area (Å²) >= 11 is 0. The molecule has 1 rings (SSSR count). The average molecular weight is 291 g/mol. The van der Waals surface area contributed by atoms with Gasteiger partial charge in [0.2, 0.25) is 0 Å². The Balaban J connectivity index is 2.22. The fraction of sp³-hybridized carbons (Fsp3) is 0.684. The van der Waals surface area contributed by atoms with Gasteiger partial charge in [0.25, 0.3) is 0 Å². The summed E-state index contributed by atoms with van der Waals surface area (Å²) in [5, 5.41) is 3.57. The zero-order valence-electron chi connectivity index (χ0n) is 14.5. The molecule has 0 fully saturated rings. The molecular formula is C19H33NO. The van der Waals surface area contributed by atoms with Crippen molar-refractivity contribution in [3.63, 3.8) is 0 Å². The van der Waals surface area contributed by atoms with Crippen LogP contribution in [0.25, 0.3) is 0 Å². The molecule has 0 saturated carbocycles. The minimum Gasteiger partial charge on any atom is -0.380 e. The highest BCUT2D eigenvalue weighted by Gasteiger charge is 2.22. The highest BCUT2D eigenvalue weighted by atomic mass is 16.5. The summed E-state index contributed by atoms with van der Waals surface area (Å²) in [6.45, 7) is 14.0. The van der Waals surface area contributed by atoms with Crippen LogP contribution in [0, 0.1) is 5.92 Å². The molecule has 1 atom stereocenters. The average Bonchev–Trinajstić information content (AvgIpc) is 2.43. The number of hydrogen-bond acceptors (Lipinski definition) is 2. The molecule has 0 spiro atoms. The predicted molar refractivity (Wildman–Crippen MR) is 91.8 cm³/mol. The van der Waals surface area contributed by atoms with Crippen LogP contribution in [-0.2, 0) is 10.2 Å². The second-order valence-corrected chi connectivity index (χ2v) is 7.10. The van der Waals surface area contributed by atoms with Crippen LogP contribution < -0.4 is 5.32 Å². The van der Waals surface area contributed by atoms with Crippen LogP contribution in [0.4, 0.5) is 0 Å². The standard InChI is InChI=1S/C19H33NO/c1-16(2)11-13-21-14-12-20-17(3)15-19(4,5)18-9-7-6-8-10-18/h6-10,16-17,20H,11-15H2,1-5H3. The van der Waals surface area contributed by atoms with Gasteiger partial charge in [0, 0.05) is 19.2 Å². The lowest BCUT2D eigenvalue weighted by Crippen LogP contribution is -2.35. The van der Waals surface area contributed by atoms with Crippen molar-refractivity contribution in [2.24, 2.45) is 5.92 Å². The van der Waals surface area contributed by atoms with E-state index in [9.17, 15) is 0 Å². The Labute approximate surface area is 131 Å². The van der Waals surface area contributed by atoms with E-state index in [-0.39, 0.29) is 5.41 Å². The predicted octanol–water partition coefficient (Wildman–Crippen LogP) is 4.40. The van der Waals surface area contributed by atoms with Gasteiger partial charge in [-0.15, -0.1) is 0 Å². The van der Waals surface area contributed by atoms with Gasteiger partial charge in [-0.1, -0.05) is 58.0 Å². The van der Waals surface area contributed by atoms with E-state index >= 15 is 0 Å². The number of hydrogen-bond donors (Lipinski definition) is 1. The Hall–Kier alpha value is -0.860. The third-order valence-corrected chi connectivity index (χ3v) is 3.95. The van der Waals surface area contributed by atoms with Crippen LogP contribution in [0.3, 0.4) is 0 Å². The second-order valence-electron chi connectivity index (χ2n) is 7.10. The van der Waals surface area contributed by atoms with Crippen molar-refractivity contribution in [1.82, 2.24) is 5.32 Å². The van der Waals surface area contributed by atoms with Gasteiger partial charge in [-0.05, 0) is 36.7 Å². The molecule has 0 aliphatic carbocycles. The third-order valence-electron chi connectivity index (χ3n) is 3.95. The van der Waals surface area contributed by atoms with Crippen molar-refractivity contribution < 1.29 is 4.74 Å². The van der Waals surface area contributed by atoms with Crippen molar-refractivity contribution in [1.29, 1.82) is 0 Å². The van der Waals surface area contributed by atoms with Crippen molar-refractivity contribution in [3.05, 3.63) is 35.9 Å². The van der Waals surface area contributed by atoms with E-state index in [4.69, 9.17) is 4.74 Å². The fourth-order valence-corrected chi connectivity index (χ4v) is 2.64. The first-order valence-electron chi connectivity index (χ1n) is 8.28. The number of benzene rings is 1. The molecule has 1 aromatic rings. The molecule has 0 aliphatic heterocycles. The van der Waals surface area contributed by atoms with Gasteiger partial charge >= 0.3 is 0 Å². The first-order chi connectivity index (χ1) is 9.92. The summed E-state index contributed by atoms with van der Waals surface area (Å²) in [4.78, 5) is 0. The van der Waals surface area contributed by atoms with E-state index in [0.717, 1.165) is 38.5 Å². The number of ether oxygens (including phenoxy) is 1. The molecule has 1 unspecified atom stereocenters. The van der Waals surface area contributed by atoms with Crippen LogP contribution in [-0.4, -0.2) is 25.8 Å². The Morgan fingerprint density at radius 2 is 1.71 bits per heavy atom. The molecule has 120 valence electrons. The van der Waals surface area contributed by atoms with Gasteiger partial charge in [-0.2, -0.15) is 0 Å². The maximum Gasteiger partial charge on any atom is 0.0591 e. The van der Waals surface area contributed by atoms with Crippen LogP contribution in [0.5, 0.6) is 0 Å². The van der Waals surface area contributed by atoms with E-state index in [1.165, 1.54) is 5.56 Å². The molecule has 0 saturated heterocycles. The second kappa shape index (κ2) is 9.22. The van der Waals surface area contributed by atoms with Crippen molar-refractivity contribution in [3.8, 4) is 0 Å². The van der Waals surface area contributed by atoms with Gasteiger partial charge in [0.05, 0.1) is 6.61 Å². The maximum absolute atomic E-state index is 5.65. The minimum absolute atomic E-state index is 0.201. The number of nitrogens with one attached hydrogen (secondary N) is 1. The topological polar surface area (TPSA) is 21.3 Å². The molecule has 0 radical (unpaired) electrons. The smallest absolute Gasteiger partial charge is 0.0591 e. The normalized spacial score (nSPS) is 13.6. The summed E-state index contributed by atoms with van der Waals surface area (Å²) < 4.78 is 5.65. The molecule has 0 aromatic heterocycles. The van der Waals surface area contributed by atoms with Crippen molar-refractivity contribution >= 4 is 0 Å². The van der Waals surface area contributed by atoms with Crippen LogP contribution >= 0.6 is 0 Å². The summed E-state index contributed by atoms with van der Waals surface area (Å²) in [6.07, 6.45) is 2.28. The van der Waals surface area contributed by atoms with E-state index in [1.807, 2.05) is 0 Å². The van der Waals surface area contributed by atoms with Gasteiger partial charge in [0.15, 0.2) is 0 Å². The molecule has 1 aromatic carbocycles. The first kappa shape index (κ1) is 18.2. The summed E-state index contributed by atoms with van der Waals surface area (Å²) in [5.74, 6) is 0.726. The summed E-state index contributed by atoms with van der Waals surface area (Å²) in [6, 6.07) is 11.3. The van der Waals surface area contributed by atoms with Crippen LogP contribution in [0.1, 0.15) is 53.0 Å². The Kier molecular flexibility index (Phi) is 7.98. The van der Waals surface area contributed by atoms with Gasteiger partial charge in [-0.3, -0.25) is 0 Å². The highest BCUT2D eigenvalue weighted by Crippen LogP contribution is 2.27. The molecule has 0 aliphatic rings. The summed E-state index contributed by atoms with van der Waals surface area (Å²) in [5.41, 5.74) is 1.61. The van der Waals surface area contributed by atoms with E-state index < -0.39 is 0 Å².